The Bertz CT molecular complexity index is 1090. The molecule has 0 fully saturated rings. The Morgan fingerprint density at radius 3 is 2.59 bits per heavy atom. The van der Waals surface area contributed by atoms with E-state index in [1.54, 1.807) is 48.7 Å². The number of aromatic nitrogens is 1. The quantitative estimate of drug-likeness (QED) is 0.654. The van der Waals surface area contributed by atoms with Gasteiger partial charge >= 0.3 is 0 Å². The largest absolute Gasteiger partial charge is 0.481 e. The summed E-state index contributed by atoms with van der Waals surface area (Å²) in [5.41, 5.74) is 1.62. The number of halogens is 1. The molecular weight excluding hydrogens is 390 g/mol. The van der Waals surface area contributed by atoms with Crippen LogP contribution in [0.1, 0.15) is 5.56 Å². The van der Waals surface area contributed by atoms with Crippen molar-refractivity contribution in [3.63, 3.8) is 0 Å². The number of amides is 1. The number of anilines is 1. The molecule has 27 heavy (non-hydrogen) atoms. The van der Waals surface area contributed by atoms with Crippen molar-refractivity contribution in [2.24, 2.45) is 5.14 Å². The summed E-state index contributed by atoms with van der Waals surface area (Å²) >= 11 is 6.13. The molecule has 9 heteroatoms. The van der Waals surface area contributed by atoms with E-state index < -0.39 is 10.0 Å². The van der Waals surface area contributed by atoms with Crippen molar-refractivity contribution >= 4 is 44.1 Å². The van der Waals surface area contributed by atoms with Crippen LogP contribution in [0.25, 0.3) is 10.9 Å². The second kappa shape index (κ2) is 7.91. The number of carbonyl (C=O) groups excluding carboxylic acids is 1. The average Bonchev–Trinajstić information content (AvgIpc) is 2.62. The first-order valence-corrected chi connectivity index (χ1v) is 9.96. The van der Waals surface area contributed by atoms with Gasteiger partial charge in [0.25, 0.3) is 5.91 Å². The van der Waals surface area contributed by atoms with Gasteiger partial charge in [0.1, 0.15) is 11.3 Å². The summed E-state index contributed by atoms with van der Waals surface area (Å²) in [5, 5.41) is 8.96. The minimum absolute atomic E-state index is 0.216. The SMILES string of the molecule is NS(=O)(=O)Cc1ccc(NC(=O)COc2ccc(Cl)c3cccnc23)cc1. The summed E-state index contributed by atoms with van der Waals surface area (Å²) in [5.74, 6) is -0.178. The first kappa shape index (κ1) is 19.1. The van der Waals surface area contributed by atoms with Gasteiger partial charge in [0.15, 0.2) is 6.61 Å². The van der Waals surface area contributed by atoms with Crippen molar-refractivity contribution in [2.45, 2.75) is 5.75 Å². The summed E-state index contributed by atoms with van der Waals surface area (Å²) < 4.78 is 27.7. The van der Waals surface area contributed by atoms with Crippen LogP contribution in [-0.2, 0) is 20.6 Å². The number of primary sulfonamides is 1. The highest BCUT2D eigenvalue weighted by molar-refractivity contribution is 7.88. The molecule has 0 aliphatic carbocycles. The lowest BCUT2D eigenvalue weighted by Crippen LogP contribution is -2.20. The van der Waals surface area contributed by atoms with Crippen molar-refractivity contribution in [1.82, 2.24) is 4.98 Å². The molecule has 3 aromatic rings. The van der Waals surface area contributed by atoms with Crippen LogP contribution in [0.5, 0.6) is 5.75 Å². The number of hydrogen-bond donors (Lipinski definition) is 2. The van der Waals surface area contributed by atoms with E-state index in [1.165, 1.54) is 0 Å². The van der Waals surface area contributed by atoms with Crippen LogP contribution in [0.2, 0.25) is 5.02 Å². The smallest absolute Gasteiger partial charge is 0.262 e. The van der Waals surface area contributed by atoms with Crippen LogP contribution in [0.4, 0.5) is 5.69 Å². The van der Waals surface area contributed by atoms with E-state index in [-0.39, 0.29) is 18.3 Å². The zero-order valence-electron chi connectivity index (χ0n) is 14.1. The first-order valence-electron chi connectivity index (χ1n) is 7.87. The third-order valence-electron chi connectivity index (χ3n) is 3.64. The number of hydrogen-bond acceptors (Lipinski definition) is 5. The molecule has 0 atom stereocenters. The third kappa shape index (κ3) is 5.16. The molecule has 0 bridgehead atoms. The number of pyridine rings is 1. The van der Waals surface area contributed by atoms with E-state index in [0.29, 0.717) is 27.5 Å². The average molecular weight is 406 g/mol. The molecular formula is C18H16ClN3O4S. The van der Waals surface area contributed by atoms with Gasteiger partial charge in [-0.25, -0.2) is 13.6 Å². The van der Waals surface area contributed by atoms with Gasteiger partial charge in [0.05, 0.1) is 10.8 Å². The predicted octanol–water partition coefficient (Wildman–Crippen LogP) is 2.69. The molecule has 1 amide bonds. The minimum Gasteiger partial charge on any atom is -0.481 e. The number of benzene rings is 2. The van der Waals surface area contributed by atoms with Gasteiger partial charge in [0.2, 0.25) is 10.0 Å². The number of carbonyl (C=O) groups is 1. The molecule has 0 saturated carbocycles. The third-order valence-corrected chi connectivity index (χ3v) is 4.71. The standard InChI is InChI=1S/C18H16ClN3O4S/c19-15-7-8-16(18-14(15)2-1-9-21-18)26-10-17(23)22-13-5-3-12(4-6-13)11-27(20,24)25/h1-9H,10-11H2,(H,22,23)(H2,20,24,25). The fraction of sp³-hybridized carbons (Fsp3) is 0.111. The van der Waals surface area contributed by atoms with Gasteiger partial charge in [-0.15, -0.1) is 0 Å². The maximum atomic E-state index is 12.1. The number of rotatable bonds is 6. The van der Waals surface area contributed by atoms with E-state index in [1.807, 2.05) is 6.07 Å². The zero-order valence-corrected chi connectivity index (χ0v) is 15.6. The highest BCUT2D eigenvalue weighted by Crippen LogP contribution is 2.29. The maximum absolute atomic E-state index is 12.1. The fourth-order valence-corrected chi connectivity index (χ4v) is 3.36. The molecule has 0 aliphatic rings. The molecule has 140 valence electrons. The van der Waals surface area contributed by atoms with Gasteiger partial charge in [0, 0.05) is 17.3 Å². The van der Waals surface area contributed by atoms with Crippen LogP contribution in [0.15, 0.2) is 54.7 Å². The summed E-state index contributed by atoms with van der Waals surface area (Å²) in [7, 11) is -3.60. The number of nitrogens with two attached hydrogens (primary N) is 1. The van der Waals surface area contributed by atoms with Crippen LogP contribution < -0.4 is 15.2 Å². The van der Waals surface area contributed by atoms with E-state index >= 15 is 0 Å². The fourth-order valence-electron chi connectivity index (χ4n) is 2.49. The van der Waals surface area contributed by atoms with Crippen molar-refractivity contribution in [3.05, 3.63) is 65.3 Å². The second-order valence-electron chi connectivity index (χ2n) is 5.79. The Morgan fingerprint density at radius 2 is 1.89 bits per heavy atom. The van der Waals surface area contributed by atoms with Gasteiger partial charge in [-0.3, -0.25) is 9.78 Å². The highest BCUT2D eigenvalue weighted by Gasteiger charge is 2.10. The van der Waals surface area contributed by atoms with E-state index in [0.717, 1.165) is 5.39 Å². The van der Waals surface area contributed by atoms with E-state index in [4.69, 9.17) is 21.5 Å². The molecule has 0 spiro atoms. The zero-order chi connectivity index (χ0) is 19.4. The summed E-state index contributed by atoms with van der Waals surface area (Å²) in [6.45, 7) is -0.216. The predicted molar refractivity (Wildman–Crippen MR) is 104 cm³/mol. The van der Waals surface area contributed by atoms with Crippen molar-refractivity contribution in [1.29, 1.82) is 0 Å². The van der Waals surface area contributed by atoms with Gasteiger partial charge in [-0.1, -0.05) is 23.7 Å². The normalized spacial score (nSPS) is 11.3. The molecule has 2 aromatic carbocycles. The molecule has 0 radical (unpaired) electrons. The Labute approximate surface area is 161 Å². The summed E-state index contributed by atoms with van der Waals surface area (Å²) in [6.07, 6.45) is 1.62. The Kier molecular flexibility index (Phi) is 5.59. The summed E-state index contributed by atoms with van der Waals surface area (Å²) in [6, 6.07) is 13.3. The van der Waals surface area contributed by atoms with Crippen molar-refractivity contribution in [2.75, 3.05) is 11.9 Å². The number of sulfonamides is 1. The Balaban J connectivity index is 1.63. The van der Waals surface area contributed by atoms with Gasteiger partial charge in [-0.2, -0.15) is 0 Å². The highest BCUT2D eigenvalue weighted by atomic mass is 35.5. The second-order valence-corrected chi connectivity index (χ2v) is 7.81. The first-order chi connectivity index (χ1) is 12.8. The van der Waals surface area contributed by atoms with Gasteiger partial charge < -0.3 is 10.1 Å². The molecule has 0 saturated heterocycles. The van der Waals surface area contributed by atoms with Crippen LogP contribution in [0, 0.1) is 0 Å². The minimum atomic E-state index is -3.60. The number of nitrogens with zero attached hydrogens (tertiary/aromatic N) is 1. The molecule has 0 unspecified atom stereocenters. The van der Waals surface area contributed by atoms with Crippen LogP contribution in [-0.4, -0.2) is 25.9 Å². The molecule has 1 heterocycles. The monoisotopic (exact) mass is 405 g/mol. The maximum Gasteiger partial charge on any atom is 0.262 e. The Morgan fingerprint density at radius 1 is 1.15 bits per heavy atom. The van der Waals surface area contributed by atoms with Crippen LogP contribution in [0.3, 0.4) is 0 Å². The number of fused-ring (bicyclic) bond motifs is 1. The lowest BCUT2D eigenvalue weighted by atomic mass is 10.2. The molecule has 3 N–H and O–H groups in total. The molecule has 0 aliphatic heterocycles. The van der Waals surface area contributed by atoms with Crippen LogP contribution >= 0.6 is 11.6 Å². The Hall–Kier alpha value is -2.68. The molecule has 3 rings (SSSR count). The lowest BCUT2D eigenvalue weighted by molar-refractivity contribution is -0.118. The number of nitrogens with one attached hydrogen (secondary N) is 1. The van der Waals surface area contributed by atoms with Gasteiger partial charge in [-0.05, 0) is 42.0 Å². The topological polar surface area (TPSA) is 111 Å². The van der Waals surface area contributed by atoms with Crippen molar-refractivity contribution in [3.8, 4) is 5.75 Å². The van der Waals surface area contributed by atoms with E-state index in [9.17, 15) is 13.2 Å². The lowest BCUT2D eigenvalue weighted by Gasteiger charge is -2.10. The van der Waals surface area contributed by atoms with Crippen molar-refractivity contribution < 1.29 is 17.9 Å². The molecule has 1 aromatic heterocycles. The molecule has 7 nitrogen and oxygen atoms in total. The number of ether oxygens (including phenoxy) is 1. The van der Waals surface area contributed by atoms with E-state index in [2.05, 4.69) is 10.3 Å². The summed E-state index contributed by atoms with van der Waals surface area (Å²) in [4.78, 5) is 16.3.